The van der Waals surface area contributed by atoms with Gasteiger partial charge in [0.15, 0.2) is 6.04 Å². The van der Waals surface area contributed by atoms with Crippen LogP contribution >= 0.6 is 0 Å². The second-order valence-electron chi connectivity index (χ2n) is 9.36. The molecule has 0 radical (unpaired) electrons. The lowest BCUT2D eigenvalue weighted by Gasteiger charge is -2.34. The summed E-state index contributed by atoms with van der Waals surface area (Å²) in [5.74, 6) is -0.579. The molecule has 34 heavy (non-hydrogen) atoms. The maximum Gasteiger partial charge on any atom is 0.420 e. The van der Waals surface area contributed by atoms with E-state index in [9.17, 15) is 14.4 Å². The summed E-state index contributed by atoms with van der Waals surface area (Å²) in [6.45, 7) is 9.70. The molecule has 2 aromatic rings. The quantitative estimate of drug-likeness (QED) is 0.448. The van der Waals surface area contributed by atoms with Crippen LogP contribution < -0.4 is 4.90 Å². The molecule has 0 aliphatic heterocycles. The lowest BCUT2D eigenvalue weighted by atomic mass is 10.2. The minimum atomic E-state index is -1.43. The van der Waals surface area contributed by atoms with Gasteiger partial charge in [0, 0.05) is 18.1 Å². The van der Waals surface area contributed by atoms with E-state index in [0.29, 0.717) is 10.6 Å². The highest BCUT2D eigenvalue weighted by Crippen LogP contribution is 2.25. The van der Waals surface area contributed by atoms with Crippen LogP contribution in [0.1, 0.15) is 41.5 Å². The minimum Gasteiger partial charge on any atom is -0.467 e. The molecule has 1 unspecified atom stereocenters. The van der Waals surface area contributed by atoms with E-state index in [1.165, 1.54) is 7.11 Å². The summed E-state index contributed by atoms with van der Waals surface area (Å²) in [5, 5.41) is 0. The van der Waals surface area contributed by atoms with Crippen LogP contribution in [0.3, 0.4) is 0 Å². The number of para-hydroxylation sites is 1. The average Bonchev–Trinajstić information content (AvgIpc) is 2.74. The Morgan fingerprint density at radius 2 is 1.35 bits per heavy atom. The normalized spacial score (nSPS) is 12.3. The van der Waals surface area contributed by atoms with Gasteiger partial charge in [0.05, 0.1) is 13.7 Å². The zero-order valence-electron chi connectivity index (χ0n) is 20.6. The van der Waals surface area contributed by atoms with E-state index >= 15 is 0 Å². The molecule has 0 saturated carbocycles. The van der Waals surface area contributed by atoms with Crippen LogP contribution in [0, 0.1) is 0 Å². The van der Waals surface area contributed by atoms with Crippen molar-refractivity contribution in [2.24, 2.45) is 0 Å². The standard InChI is InChI=1S/C24H32N4O6/c1-23(2,3)33-21(30)28(22(31)34-24(4,5)6)18(19(29)32-7)16-27(17-12-9-8-10-13-17)20-25-14-11-15-26-20/h8-15,18H,16H2,1-7H3. The van der Waals surface area contributed by atoms with Crippen molar-refractivity contribution in [3.8, 4) is 0 Å². The minimum absolute atomic E-state index is 0.209. The number of imide groups is 1. The molecular weight excluding hydrogens is 440 g/mol. The zero-order chi connectivity index (χ0) is 25.5. The van der Waals surface area contributed by atoms with Gasteiger partial charge in [0.25, 0.3) is 0 Å². The van der Waals surface area contributed by atoms with E-state index in [1.807, 2.05) is 6.07 Å². The molecule has 1 atom stereocenters. The van der Waals surface area contributed by atoms with Gasteiger partial charge >= 0.3 is 18.2 Å². The molecule has 2 amide bonds. The predicted molar refractivity (Wildman–Crippen MR) is 126 cm³/mol. The van der Waals surface area contributed by atoms with Crippen molar-refractivity contribution < 1.29 is 28.6 Å². The molecule has 1 aromatic heterocycles. The van der Waals surface area contributed by atoms with Gasteiger partial charge in [-0.3, -0.25) is 0 Å². The Hall–Kier alpha value is -3.69. The van der Waals surface area contributed by atoms with Crippen LogP contribution in [0.15, 0.2) is 48.8 Å². The van der Waals surface area contributed by atoms with E-state index in [-0.39, 0.29) is 12.5 Å². The fourth-order valence-corrected chi connectivity index (χ4v) is 2.86. The molecule has 0 N–H and O–H groups in total. The molecule has 0 fully saturated rings. The molecule has 0 aliphatic carbocycles. The fraction of sp³-hybridized carbons (Fsp3) is 0.458. The first-order valence-electron chi connectivity index (χ1n) is 10.7. The Kier molecular flexibility index (Phi) is 8.56. The average molecular weight is 473 g/mol. The van der Waals surface area contributed by atoms with Crippen LogP contribution in [0.4, 0.5) is 21.2 Å². The van der Waals surface area contributed by atoms with Gasteiger partial charge in [-0.25, -0.2) is 24.4 Å². The first-order chi connectivity index (χ1) is 15.8. The Balaban J connectivity index is 2.57. The van der Waals surface area contributed by atoms with Crippen LogP contribution in [-0.2, 0) is 19.0 Å². The summed E-state index contributed by atoms with van der Waals surface area (Å²) in [7, 11) is 1.17. The maximum atomic E-state index is 13.1. The summed E-state index contributed by atoms with van der Waals surface area (Å²) in [6.07, 6.45) is 1.01. The molecule has 10 nitrogen and oxygen atoms in total. The summed E-state index contributed by atoms with van der Waals surface area (Å²) in [5.41, 5.74) is -1.23. The SMILES string of the molecule is COC(=O)C(CN(c1ccccc1)c1ncccn1)N(C(=O)OC(C)(C)C)C(=O)OC(C)(C)C. The third-order valence-corrected chi connectivity index (χ3v) is 4.18. The van der Waals surface area contributed by atoms with Crippen molar-refractivity contribution in [2.45, 2.75) is 58.8 Å². The van der Waals surface area contributed by atoms with E-state index in [0.717, 1.165) is 0 Å². The van der Waals surface area contributed by atoms with Gasteiger partial charge in [-0.2, -0.15) is 4.90 Å². The first-order valence-corrected chi connectivity index (χ1v) is 10.7. The largest absolute Gasteiger partial charge is 0.467 e. The van der Waals surface area contributed by atoms with Crippen LogP contribution in [0.2, 0.25) is 0 Å². The Labute approximate surface area is 199 Å². The third kappa shape index (κ3) is 7.72. The van der Waals surface area contributed by atoms with Crippen LogP contribution in [0.25, 0.3) is 0 Å². The highest BCUT2D eigenvalue weighted by Gasteiger charge is 2.42. The number of carbonyl (C=O) groups is 3. The van der Waals surface area contributed by atoms with Gasteiger partial charge in [0.1, 0.15) is 11.2 Å². The molecule has 2 rings (SSSR count). The number of ether oxygens (including phenoxy) is 3. The van der Waals surface area contributed by atoms with Gasteiger partial charge in [0.2, 0.25) is 5.95 Å². The molecule has 0 bridgehead atoms. The van der Waals surface area contributed by atoms with Crippen molar-refractivity contribution >= 4 is 29.8 Å². The highest BCUT2D eigenvalue weighted by atomic mass is 16.6. The van der Waals surface area contributed by atoms with Crippen molar-refractivity contribution in [1.82, 2.24) is 14.9 Å². The predicted octanol–water partition coefficient (Wildman–Crippen LogP) is 4.33. The molecule has 1 heterocycles. The molecule has 184 valence electrons. The van der Waals surface area contributed by atoms with Crippen molar-refractivity contribution in [2.75, 3.05) is 18.6 Å². The Bertz CT molecular complexity index is 903. The first kappa shape index (κ1) is 26.6. The molecule has 10 heteroatoms. The maximum absolute atomic E-state index is 13.1. The van der Waals surface area contributed by atoms with E-state index in [2.05, 4.69) is 9.97 Å². The number of rotatable bonds is 6. The smallest absolute Gasteiger partial charge is 0.420 e. The highest BCUT2D eigenvalue weighted by molar-refractivity contribution is 5.94. The zero-order valence-corrected chi connectivity index (χ0v) is 20.6. The summed E-state index contributed by atoms with van der Waals surface area (Å²) < 4.78 is 15.8. The van der Waals surface area contributed by atoms with Gasteiger partial charge in [-0.15, -0.1) is 0 Å². The number of aromatic nitrogens is 2. The number of anilines is 2. The number of benzene rings is 1. The number of esters is 1. The number of carbonyl (C=O) groups excluding carboxylic acids is 3. The van der Waals surface area contributed by atoms with Crippen molar-refractivity contribution in [3.05, 3.63) is 48.8 Å². The van der Waals surface area contributed by atoms with Crippen molar-refractivity contribution in [3.63, 3.8) is 0 Å². The number of methoxy groups -OCH3 is 1. The third-order valence-electron chi connectivity index (χ3n) is 4.18. The summed E-state index contributed by atoms with van der Waals surface area (Å²) in [6, 6.07) is 9.23. The summed E-state index contributed by atoms with van der Waals surface area (Å²) >= 11 is 0. The van der Waals surface area contributed by atoms with Gasteiger partial charge in [-0.05, 0) is 59.7 Å². The monoisotopic (exact) mass is 472 g/mol. The van der Waals surface area contributed by atoms with Gasteiger partial charge in [-0.1, -0.05) is 18.2 Å². The molecular formula is C24H32N4O6. The second kappa shape index (κ2) is 11.0. The Morgan fingerprint density at radius 3 is 1.79 bits per heavy atom. The van der Waals surface area contributed by atoms with E-state index in [4.69, 9.17) is 14.2 Å². The molecule has 0 aliphatic rings. The fourth-order valence-electron chi connectivity index (χ4n) is 2.86. The van der Waals surface area contributed by atoms with Crippen LogP contribution in [0.5, 0.6) is 0 Å². The number of amides is 2. The van der Waals surface area contributed by atoms with E-state index < -0.39 is 35.4 Å². The Morgan fingerprint density at radius 1 is 0.853 bits per heavy atom. The lowest BCUT2D eigenvalue weighted by molar-refractivity contribution is -0.146. The molecule has 1 aromatic carbocycles. The van der Waals surface area contributed by atoms with Crippen LogP contribution in [-0.4, -0.2) is 63.9 Å². The number of hydrogen-bond acceptors (Lipinski definition) is 9. The molecule has 0 spiro atoms. The lowest BCUT2D eigenvalue weighted by Crippen LogP contribution is -2.56. The second-order valence-corrected chi connectivity index (χ2v) is 9.36. The van der Waals surface area contributed by atoms with Crippen molar-refractivity contribution in [1.29, 1.82) is 0 Å². The number of hydrogen-bond donors (Lipinski definition) is 0. The molecule has 0 saturated heterocycles. The van der Waals surface area contributed by atoms with Gasteiger partial charge < -0.3 is 19.1 Å². The number of nitrogens with zero attached hydrogens (tertiary/aromatic N) is 4. The van der Waals surface area contributed by atoms with E-state index in [1.54, 1.807) is 89.2 Å². The summed E-state index contributed by atoms with van der Waals surface area (Å²) in [4.78, 5) is 50.0. The topological polar surface area (TPSA) is 111 Å².